The summed E-state index contributed by atoms with van der Waals surface area (Å²) in [6.45, 7) is 1.99. The van der Waals surface area contributed by atoms with Gasteiger partial charge in [0.05, 0.1) is 0 Å². The predicted octanol–water partition coefficient (Wildman–Crippen LogP) is 4.41. The molecule has 2 nitrogen and oxygen atoms in total. The first-order valence-electron chi connectivity index (χ1n) is 5.95. The van der Waals surface area contributed by atoms with E-state index >= 15 is 0 Å². The van der Waals surface area contributed by atoms with Crippen molar-refractivity contribution in [2.75, 3.05) is 5.32 Å². The number of nitrogens with one attached hydrogen (secondary N) is 1. The molecule has 96 valence electrons. The van der Waals surface area contributed by atoms with Crippen molar-refractivity contribution in [2.24, 2.45) is 0 Å². The number of amides is 1. The van der Waals surface area contributed by atoms with E-state index in [4.69, 9.17) is 0 Å². The van der Waals surface area contributed by atoms with Crippen molar-refractivity contribution in [2.45, 2.75) is 6.92 Å². The van der Waals surface area contributed by atoms with Gasteiger partial charge in [-0.05, 0) is 42.3 Å². The molecule has 3 heteroatoms. The Labute approximate surface area is 121 Å². The average Bonchev–Trinajstić information content (AvgIpc) is 2.36. The third-order valence-electron chi connectivity index (χ3n) is 2.54. The summed E-state index contributed by atoms with van der Waals surface area (Å²) in [4.78, 5) is 11.8. The minimum atomic E-state index is -0.138. The van der Waals surface area contributed by atoms with E-state index in [0.717, 1.165) is 21.3 Å². The fourth-order valence-electron chi connectivity index (χ4n) is 1.73. The summed E-state index contributed by atoms with van der Waals surface area (Å²) < 4.78 is 0.954. The van der Waals surface area contributed by atoms with Gasteiger partial charge in [0.15, 0.2) is 0 Å². The molecule has 0 radical (unpaired) electrons. The number of hydrogen-bond acceptors (Lipinski definition) is 1. The van der Waals surface area contributed by atoms with Gasteiger partial charge in [0, 0.05) is 16.2 Å². The van der Waals surface area contributed by atoms with Crippen LogP contribution in [0.4, 0.5) is 5.69 Å². The Hall–Kier alpha value is -1.87. The summed E-state index contributed by atoms with van der Waals surface area (Å²) in [7, 11) is 0. The first kappa shape index (κ1) is 13.6. The van der Waals surface area contributed by atoms with Gasteiger partial charge >= 0.3 is 0 Å². The standard InChI is InChI=1S/C16H14BrNO/c1-12-9-14(17)11-15(10-12)18-16(19)8-7-13-5-3-2-4-6-13/h2-11H,1H3,(H,18,19). The van der Waals surface area contributed by atoms with E-state index in [2.05, 4.69) is 21.2 Å². The number of carbonyl (C=O) groups excluding carboxylic acids is 1. The molecule has 0 saturated heterocycles. The van der Waals surface area contributed by atoms with E-state index in [0.29, 0.717) is 0 Å². The molecule has 0 aliphatic heterocycles. The van der Waals surface area contributed by atoms with Crippen molar-refractivity contribution in [3.63, 3.8) is 0 Å². The second kappa shape index (κ2) is 6.34. The van der Waals surface area contributed by atoms with Crippen LogP contribution in [-0.2, 0) is 4.79 Å². The molecule has 0 atom stereocenters. The van der Waals surface area contributed by atoms with E-state index in [9.17, 15) is 4.79 Å². The van der Waals surface area contributed by atoms with Crippen LogP contribution >= 0.6 is 15.9 Å². The second-order valence-electron chi connectivity index (χ2n) is 4.25. The molecule has 2 aromatic carbocycles. The number of benzene rings is 2. The van der Waals surface area contributed by atoms with Crippen molar-refractivity contribution in [1.82, 2.24) is 0 Å². The Morgan fingerprint density at radius 3 is 2.58 bits per heavy atom. The highest BCUT2D eigenvalue weighted by molar-refractivity contribution is 9.10. The van der Waals surface area contributed by atoms with E-state index < -0.39 is 0 Å². The second-order valence-corrected chi connectivity index (χ2v) is 5.17. The number of carbonyl (C=O) groups is 1. The highest BCUT2D eigenvalue weighted by Gasteiger charge is 2.00. The van der Waals surface area contributed by atoms with Crippen LogP contribution in [0.2, 0.25) is 0 Å². The molecule has 2 rings (SSSR count). The lowest BCUT2D eigenvalue weighted by molar-refractivity contribution is -0.111. The lowest BCUT2D eigenvalue weighted by atomic mass is 10.2. The fourth-order valence-corrected chi connectivity index (χ4v) is 2.34. The summed E-state index contributed by atoms with van der Waals surface area (Å²) in [6.07, 6.45) is 3.33. The minimum Gasteiger partial charge on any atom is -0.322 e. The van der Waals surface area contributed by atoms with E-state index in [1.54, 1.807) is 6.08 Å². The molecule has 0 aliphatic carbocycles. The number of hydrogen-bond donors (Lipinski definition) is 1. The van der Waals surface area contributed by atoms with Crippen molar-refractivity contribution in [3.05, 3.63) is 70.2 Å². The molecule has 0 bridgehead atoms. The van der Waals surface area contributed by atoms with Crippen molar-refractivity contribution in [3.8, 4) is 0 Å². The monoisotopic (exact) mass is 315 g/mol. The molecule has 0 saturated carbocycles. The zero-order valence-corrected chi connectivity index (χ0v) is 12.1. The number of rotatable bonds is 3. The van der Waals surface area contributed by atoms with Gasteiger partial charge in [-0.2, -0.15) is 0 Å². The SMILES string of the molecule is Cc1cc(Br)cc(NC(=O)C=Cc2ccccc2)c1. The van der Waals surface area contributed by atoms with Gasteiger partial charge in [-0.15, -0.1) is 0 Å². The Kier molecular flexibility index (Phi) is 4.53. The van der Waals surface area contributed by atoms with Crippen LogP contribution in [0.5, 0.6) is 0 Å². The van der Waals surface area contributed by atoms with E-state index in [1.165, 1.54) is 6.08 Å². The van der Waals surface area contributed by atoms with Crippen LogP contribution in [0.15, 0.2) is 59.1 Å². The molecule has 0 unspecified atom stereocenters. The van der Waals surface area contributed by atoms with Crippen LogP contribution in [0.1, 0.15) is 11.1 Å². The Morgan fingerprint density at radius 1 is 1.16 bits per heavy atom. The third kappa shape index (κ3) is 4.38. The molecule has 0 spiro atoms. The normalized spacial score (nSPS) is 10.6. The van der Waals surface area contributed by atoms with E-state index in [1.807, 2.05) is 55.5 Å². The zero-order chi connectivity index (χ0) is 13.7. The summed E-state index contributed by atoms with van der Waals surface area (Å²) in [5.41, 5.74) is 2.88. The molecular weight excluding hydrogens is 302 g/mol. The van der Waals surface area contributed by atoms with Crippen molar-refractivity contribution in [1.29, 1.82) is 0 Å². The van der Waals surface area contributed by atoms with Crippen LogP contribution in [0.3, 0.4) is 0 Å². The highest BCUT2D eigenvalue weighted by atomic mass is 79.9. The molecule has 0 aromatic heterocycles. The average molecular weight is 316 g/mol. The van der Waals surface area contributed by atoms with Crippen molar-refractivity contribution < 1.29 is 4.79 Å². The predicted molar refractivity (Wildman–Crippen MR) is 83.0 cm³/mol. The molecule has 1 N–H and O–H groups in total. The van der Waals surface area contributed by atoms with Gasteiger partial charge in [0.2, 0.25) is 5.91 Å². The fraction of sp³-hybridized carbons (Fsp3) is 0.0625. The lowest BCUT2D eigenvalue weighted by Gasteiger charge is -2.04. The molecule has 0 heterocycles. The Bertz CT molecular complexity index is 585. The van der Waals surface area contributed by atoms with Crippen LogP contribution in [-0.4, -0.2) is 5.91 Å². The summed E-state index contributed by atoms with van der Waals surface area (Å²) in [6, 6.07) is 15.5. The number of halogens is 1. The molecule has 1 amide bonds. The lowest BCUT2D eigenvalue weighted by Crippen LogP contribution is -2.07. The number of anilines is 1. The quantitative estimate of drug-likeness (QED) is 0.835. The number of aryl methyl sites for hydroxylation is 1. The smallest absolute Gasteiger partial charge is 0.248 e. The van der Waals surface area contributed by atoms with Gasteiger partial charge in [-0.25, -0.2) is 0 Å². The first-order valence-corrected chi connectivity index (χ1v) is 6.74. The Balaban J connectivity index is 2.03. The molecule has 0 aliphatic rings. The van der Waals surface area contributed by atoms with Gasteiger partial charge in [-0.1, -0.05) is 46.3 Å². The maximum atomic E-state index is 11.8. The largest absolute Gasteiger partial charge is 0.322 e. The summed E-state index contributed by atoms with van der Waals surface area (Å²) in [5, 5.41) is 2.84. The topological polar surface area (TPSA) is 29.1 Å². The maximum Gasteiger partial charge on any atom is 0.248 e. The first-order chi connectivity index (χ1) is 9.13. The summed E-state index contributed by atoms with van der Waals surface area (Å²) in [5.74, 6) is -0.138. The maximum absolute atomic E-state index is 11.8. The van der Waals surface area contributed by atoms with Gasteiger partial charge in [-0.3, -0.25) is 4.79 Å². The van der Waals surface area contributed by atoms with Crippen LogP contribution in [0, 0.1) is 6.92 Å². The molecule has 0 fully saturated rings. The molecule has 19 heavy (non-hydrogen) atoms. The zero-order valence-electron chi connectivity index (χ0n) is 10.6. The minimum absolute atomic E-state index is 0.138. The molecule has 2 aromatic rings. The van der Waals surface area contributed by atoms with Crippen LogP contribution < -0.4 is 5.32 Å². The van der Waals surface area contributed by atoms with Crippen molar-refractivity contribution >= 4 is 33.6 Å². The Morgan fingerprint density at radius 2 is 1.89 bits per heavy atom. The highest BCUT2D eigenvalue weighted by Crippen LogP contribution is 2.19. The van der Waals surface area contributed by atoms with Gasteiger partial charge in [0.1, 0.15) is 0 Å². The molecular formula is C16H14BrNO. The summed E-state index contributed by atoms with van der Waals surface area (Å²) >= 11 is 3.41. The van der Waals surface area contributed by atoms with Gasteiger partial charge < -0.3 is 5.32 Å². The third-order valence-corrected chi connectivity index (χ3v) is 2.99. The van der Waals surface area contributed by atoms with E-state index in [-0.39, 0.29) is 5.91 Å². The van der Waals surface area contributed by atoms with Crippen LogP contribution in [0.25, 0.3) is 6.08 Å². The van der Waals surface area contributed by atoms with Gasteiger partial charge in [0.25, 0.3) is 0 Å².